The van der Waals surface area contributed by atoms with E-state index in [9.17, 15) is 9.50 Å². The van der Waals surface area contributed by atoms with Crippen LogP contribution in [0.15, 0.2) is 35.2 Å². The molecule has 0 spiro atoms. The summed E-state index contributed by atoms with van der Waals surface area (Å²) in [6.07, 6.45) is 3.12. The van der Waals surface area contributed by atoms with E-state index in [4.69, 9.17) is 0 Å². The minimum atomic E-state index is -0.799. The van der Waals surface area contributed by atoms with Crippen molar-refractivity contribution in [1.82, 2.24) is 14.8 Å². The van der Waals surface area contributed by atoms with Crippen LogP contribution in [-0.4, -0.2) is 19.9 Å². The Bertz CT molecular complexity index is 471. The first-order valence-corrected chi connectivity index (χ1v) is 5.42. The predicted octanol–water partition coefficient (Wildman–Crippen LogP) is 1.91. The molecule has 0 aliphatic carbocycles. The topological polar surface area (TPSA) is 50.9 Å². The molecule has 0 amide bonds. The minimum absolute atomic E-state index is 0.179. The van der Waals surface area contributed by atoms with Crippen LogP contribution < -0.4 is 0 Å². The third kappa shape index (κ3) is 2.65. The fourth-order valence-electron chi connectivity index (χ4n) is 1.29. The standard InChI is InChI=1S/C10H9BrFN3O/c11-7-1-2-9(13-3-7)10(16)6-15-5-8(12)4-14-15/h1-5,10,16H,6H2. The highest BCUT2D eigenvalue weighted by Crippen LogP contribution is 2.15. The summed E-state index contributed by atoms with van der Waals surface area (Å²) >= 11 is 3.25. The quantitative estimate of drug-likeness (QED) is 0.937. The first kappa shape index (κ1) is 11.2. The third-order valence-corrected chi connectivity index (χ3v) is 2.52. The molecule has 0 aliphatic heterocycles. The van der Waals surface area contributed by atoms with Gasteiger partial charge in [0, 0.05) is 10.7 Å². The van der Waals surface area contributed by atoms with Crippen LogP contribution in [0, 0.1) is 5.82 Å². The third-order valence-electron chi connectivity index (χ3n) is 2.05. The molecule has 0 radical (unpaired) electrons. The summed E-state index contributed by atoms with van der Waals surface area (Å²) < 4.78 is 14.8. The van der Waals surface area contributed by atoms with Crippen LogP contribution in [0.1, 0.15) is 11.8 Å². The van der Waals surface area contributed by atoms with Crippen LogP contribution in [0.4, 0.5) is 4.39 Å². The molecular formula is C10H9BrFN3O. The molecule has 2 aromatic rings. The number of aliphatic hydroxyl groups is 1. The van der Waals surface area contributed by atoms with Crippen LogP contribution in [0.5, 0.6) is 0 Å². The first-order valence-electron chi connectivity index (χ1n) is 4.62. The fraction of sp³-hybridized carbons (Fsp3) is 0.200. The average Bonchev–Trinajstić information content (AvgIpc) is 2.65. The average molecular weight is 286 g/mol. The van der Waals surface area contributed by atoms with E-state index >= 15 is 0 Å². The molecule has 0 saturated heterocycles. The Morgan fingerprint density at radius 3 is 2.81 bits per heavy atom. The summed E-state index contributed by atoms with van der Waals surface area (Å²) in [5.74, 6) is -0.420. The lowest BCUT2D eigenvalue weighted by atomic mass is 10.2. The van der Waals surface area contributed by atoms with Crippen molar-refractivity contribution in [2.45, 2.75) is 12.6 Å². The summed E-state index contributed by atoms with van der Waals surface area (Å²) in [5, 5.41) is 13.6. The highest BCUT2D eigenvalue weighted by molar-refractivity contribution is 9.10. The van der Waals surface area contributed by atoms with E-state index in [2.05, 4.69) is 26.0 Å². The van der Waals surface area contributed by atoms with Crippen LogP contribution >= 0.6 is 15.9 Å². The van der Waals surface area contributed by atoms with Crippen molar-refractivity contribution in [3.05, 3.63) is 46.7 Å². The number of pyridine rings is 1. The van der Waals surface area contributed by atoms with Crippen LogP contribution in [0.3, 0.4) is 0 Å². The molecule has 2 aromatic heterocycles. The normalized spacial score (nSPS) is 12.7. The molecule has 0 aromatic carbocycles. The molecule has 0 fully saturated rings. The number of halogens is 2. The van der Waals surface area contributed by atoms with Gasteiger partial charge in [-0.3, -0.25) is 9.67 Å². The van der Waals surface area contributed by atoms with Crippen molar-refractivity contribution < 1.29 is 9.50 Å². The van der Waals surface area contributed by atoms with Crippen LogP contribution in [0.2, 0.25) is 0 Å². The van der Waals surface area contributed by atoms with Crippen molar-refractivity contribution in [2.24, 2.45) is 0 Å². The van der Waals surface area contributed by atoms with Gasteiger partial charge in [0.2, 0.25) is 0 Å². The molecule has 4 nitrogen and oxygen atoms in total. The lowest BCUT2D eigenvalue weighted by Crippen LogP contribution is -2.10. The van der Waals surface area contributed by atoms with Gasteiger partial charge in [0.05, 0.1) is 24.6 Å². The first-order chi connectivity index (χ1) is 7.65. The Labute approximate surface area is 99.9 Å². The van der Waals surface area contributed by atoms with Gasteiger partial charge in [-0.1, -0.05) is 0 Å². The monoisotopic (exact) mass is 285 g/mol. The van der Waals surface area contributed by atoms with Gasteiger partial charge in [-0.15, -0.1) is 0 Å². The summed E-state index contributed by atoms with van der Waals surface area (Å²) in [6.45, 7) is 0.179. The van der Waals surface area contributed by atoms with E-state index in [-0.39, 0.29) is 6.54 Å². The number of nitrogens with zero attached hydrogens (tertiary/aromatic N) is 3. The molecule has 0 aliphatic rings. The lowest BCUT2D eigenvalue weighted by Gasteiger charge is -2.09. The van der Waals surface area contributed by atoms with Crippen LogP contribution in [-0.2, 0) is 6.54 Å². The molecule has 6 heteroatoms. The molecule has 16 heavy (non-hydrogen) atoms. The second-order valence-electron chi connectivity index (χ2n) is 3.30. The van der Waals surface area contributed by atoms with Crippen molar-refractivity contribution in [1.29, 1.82) is 0 Å². The second-order valence-corrected chi connectivity index (χ2v) is 4.21. The Kier molecular flexibility index (Phi) is 3.31. The van der Waals surface area contributed by atoms with Gasteiger partial charge in [0.15, 0.2) is 5.82 Å². The number of hydrogen-bond acceptors (Lipinski definition) is 3. The summed E-state index contributed by atoms with van der Waals surface area (Å²) in [6, 6.07) is 3.49. The van der Waals surface area contributed by atoms with Gasteiger partial charge in [0.1, 0.15) is 6.10 Å². The SMILES string of the molecule is OC(Cn1cc(F)cn1)c1ccc(Br)cn1. The lowest BCUT2D eigenvalue weighted by molar-refractivity contribution is 0.147. The molecule has 2 rings (SSSR count). The van der Waals surface area contributed by atoms with Gasteiger partial charge < -0.3 is 5.11 Å². The maximum Gasteiger partial charge on any atom is 0.161 e. The Balaban J connectivity index is 2.08. The molecule has 1 N–H and O–H groups in total. The number of rotatable bonds is 3. The molecule has 2 heterocycles. The number of hydrogen-bond donors (Lipinski definition) is 1. The zero-order chi connectivity index (χ0) is 11.5. The van der Waals surface area contributed by atoms with Crippen molar-refractivity contribution in [3.8, 4) is 0 Å². The maximum atomic E-state index is 12.6. The highest BCUT2D eigenvalue weighted by atomic mass is 79.9. The highest BCUT2D eigenvalue weighted by Gasteiger charge is 2.10. The molecule has 1 unspecified atom stereocenters. The maximum absolute atomic E-state index is 12.6. The summed E-state index contributed by atoms with van der Waals surface area (Å²) in [5.41, 5.74) is 0.527. The van der Waals surface area contributed by atoms with E-state index in [1.807, 2.05) is 0 Å². The zero-order valence-electron chi connectivity index (χ0n) is 8.22. The van der Waals surface area contributed by atoms with Gasteiger partial charge in [0.25, 0.3) is 0 Å². The smallest absolute Gasteiger partial charge is 0.161 e. The predicted molar refractivity (Wildman–Crippen MR) is 59.1 cm³/mol. The fourth-order valence-corrected chi connectivity index (χ4v) is 1.53. The summed E-state index contributed by atoms with van der Waals surface area (Å²) in [7, 11) is 0. The molecule has 84 valence electrons. The van der Waals surface area contributed by atoms with E-state index in [1.165, 1.54) is 10.9 Å². The van der Waals surface area contributed by atoms with Gasteiger partial charge >= 0.3 is 0 Å². The van der Waals surface area contributed by atoms with Crippen molar-refractivity contribution in [3.63, 3.8) is 0 Å². The van der Waals surface area contributed by atoms with Crippen LogP contribution in [0.25, 0.3) is 0 Å². The van der Waals surface area contributed by atoms with E-state index in [0.29, 0.717) is 5.69 Å². The van der Waals surface area contributed by atoms with Crippen molar-refractivity contribution in [2.75, 3.05) is 0 Å². The largest absolute Gasteiger partial charge is 0.385 e. The Morgan fingerprint density at radius 2 is 2.25 bits per heavy atom. The van der Waals surface area contributed by atoms with E-state index in [1.54, 1.807) is 18.3 Å². The molecule has 0 saturated carbocycles. The molecule has 1 atom stereocenters. The zero-order valence-corrected chi connectivity index (χ0v) is 9.80. The number of aliphatic hydroxyl groups excluding tert-OH is 1. The molecular weight excluding hydrogens is 277 g/mol. The minimum Gasteiger partial charge on any atom is -0.385 e. The van der Waals surface area contributed by atoms with Gasteiger partial charge in [-0.2, -0.15) is 5.10 Å². The summed E-state index contributed by atoms with van der Waals surface area (Å²) in [4.78, 5) is 4.05. The Hall–Kier alpha value is -1.27. The van der Waals surface area contributed by atoms with E-state index < -0.39 is 11.9 Å². The van der Waals surface area contributed by atoms with Crippen molar-refractivity contribution >= 4 is 15.9 Å². The number of aromatic nitrogens is 3. The van der Waals surface area contributed by atoms with E-state index in [0.717, 1.165) is 10.7 Å². The Morgan fingerprint density at radius 1 is 1.44 bits per heavy atom. The van der Waals surface area contributed by atoms with Gasteiger partial charge in [-0.05, 0) is 28.1 Å². The molecule has 0 bridgehead atoms. The second kappa shape index (κ2) is 4.71. The van der Waals surface area contributed by atoms with Gasteiger partial charge in [-0.25, -0.2) is 4.39 Å².